The predicted molar refractivity (Wildman–Crippen MR) is 38.1 cm³/mol. The summed E-state index contributed by atoms with van der Waals surface area (Å²) in [5.74, 6) is -0.305. The molecule has 64 valence electrons. The molecule has 11 heavy (non-hydrogen) atoms. The largest absolute Gasteiger partial charge is 0.464 e. The first-order valence-corrected chi connectivity index (χ1v) is 3.88. The Kier molecular flexibility index (Phi) is 2.84. The molecule has 1 heterocycles. The molecule has 4 heteroatoms. The van der Waals surface area contributed by atoms with E-state index in [0.29, 0.717) is 19.6 Å². The lowest BCUT2D eigenvalue weighted by molar-refractivity contribution is -0.203. The predicted octanol–water partition coefficient (Wildman–Crippen LogP) is 0.403. The summed E-state index contributed by atoms with van der Waals surface area (Å²) in [6, 6.07) is -0.401. The average Bonchev–Trinajstić information content (AvgIpc) is 1.98. The zero-order chi connectivity index (χ0) is 8.27. The van der Waals surface area contributed by atoms with Crippen molar-refractivity contribution in [2.45, 2.75) is 25.8 Å². The second kappa shape index (κ2) is 3.69. The van der Waals surface area contributed by atoms with E-state index >= 15 is 0 Å². The van der Waals surface area contributed by atoms with Crippen LogP contribution >= 0.6 is 0 Å². The van der Waals surface area contributed by atoms with Crippen LogP contribution in [0.4, 0.5) is 0 Å². The summed E-state index contributed by atoms with van der Waals surface area (Å²) in [7, 11) is 0. The quantitative estimate of drug-likeness (QED) is 0.606. The molecular weight excluding hydrogens is 146 g/mol. The Morgan fingerprint density at radius 2 is 2.55 bits per heavy atom. The SMILES string of the molecule is CCCOC(=O)[C@H]1CCN1O. The Labute approximate surface area is 65.7 Å². The smallest absolute Gasteiger partial charge is 0.325 e. The number of nitrogens with zero attached hydrogens (tertiary/aromatic N) is 1. The highest BCUT2D eigenvalue weighted by Gasteiger charge is 2.34. The summed E-state index contributed by atoms with van der Waals surface area (Å²) >= 11 is 0. The van der Waals surface area contributed by atoms with E-state index in [1.54, 1.807) is 0 Å². The van der Waals surface area contributed by atoms with Gasteiger partial charge in [-0.2, -0.15) is 5.06 Å². The molecule has 0 unspecified atom stereocenters. The third-order valence-corrected chi connectivity index (χ3v) is 1.71. The second-order valence-electron chi connectivity index (χ2n) is 2.64. The van der Waals surface area contributed by atoms with Crippen LogP contribution in [-0.2, 0) is 9.53 Å². The van der Waals surface area contributed by atoms with Crippen molar-refractivity contribution < 1.29 is 14.7 Å². The minimum absolute atomic E-state index is 0.305. The second-order valence-corrected chi connectivity index (χ2v) is 2.64. The minimum atomic E-state index is -0.401. The van der Waals surface area contributed by atoms with Gasteiger partial charge in [-0.25, -0.2) is 0 Å². The highest BCUT2D eigenvalue weighted by Crippen LogP contribution is 2.14. The fourth-order valence-electron chi connectivity index (χ4n) is 0.912. The lowest BCUT2D eigenvalue weighted by Gasteiger charge is -2.32. The summed E-state index contributed by atoms with van der Waals surface area (Å²) in [6.07, 6.45) is 1.53. The monoisotopic (exact) mass is 159 g/mol. The molecule has 0 bridgehead atoms. The molecule has 0 aromatic heterocycles. The van der Waals surface area contributed by atoms with E-state index in [9.17, 15) is 4.79 Å². The van der Waals surface area contributed by atoms with Crippen molar-refractivity contribution in [3.63, 3.8) is 0 Å². The van der Waals surface area contributed by atoms with Crippen molar-refractivity contribution in [3.8, 4) is 0 Å². The van der Waals surface area contributed by atoms with E-state index in [0.717, 1.165) is 11.5 Å². The summed E-state index contributed by atoms with van der Waals surface area (Å²) in [5, 5.41) is 9.92. The number of carbonyl (C=O) groups excluding carboxylic acids is 1. The molecule has 1 aliphatic rings. The molecule has 0 amide bonds. The van der Waals surface area contributed by atoms with Gasteiger partial charge in [0.15, 0.2) is 0 Å². The number of hydrogen-bond acceptors (Lipinski definition) is 4. The van der Waals surface area contributed by atoms with Crippen LogP contribution in [0.2, 0.25) is 0 Å². The molecule has 0 spiro atoms. The Morgan fingerprint density at radius 1 is 1.82 bits per heavy atom. The van der Waals surface area contributed by atoms with Crippen molar-refractivity contribution in [3.05, 3.63) is 0 Å². The van der Waals surface area contributed by atoms with E-state index in [1.807, 2.05) is 6.92 Å². The van der Waals surface area contributed by atoms with Gasteiger partial charge in [-0.05, 0) is 12.8 Å². The molecule has 1 N–H and O–H groups in total. The van der Waals surface area contributed by atoms with Gasteiger partial charge in [-0.1, -0.05) is 6.92 Å². The zero-order valence-corrected chi connectivity index (χ0v) is 6.62. The number of carbonyl (C=O) groups is 1. The summed E-state index contributed by atoms with van der Waals surface area (Å²) in [6.45, 7) is 2.96. The van der Waals surface area contributed by atoms with Crippen LogP contribution in [0.5, 0.6) is 0 Å². The highest BCUT2D eigenvalue weighted by atomic mass is 16.6. The standard InChI is InChI=1S/C7H13NO3/c1-2-5-11-7(9)6-3-4-8(6)10/h6,10H,2-5H2,1H3/t6-/m1/s1. The fourth-order valence-corrected chi connectivity index (χ4v) is 0.912. The lowest BCUT2D eigenvalue weighted by Crippen LogP contribution is -2.50. The van der Waals surface area contributed by atoms with Gasteiger partial charge in [-0.15, -0.1) is 0 Å². The van der Waals surface area contributed by atoms with Crippen molar-refractivity contribution in [1.82, 2.24) is 5.06 Å². The van der Waals surface area contributed by atoms with Gasteiger partial charge in [0.05, 0.1) is 6.61 Å². The highest BCUT2D eigenvalue weighted by molar-refractivity contribution is 5.76. The van der Waals surface area contributed by atoms with Crippen LogP contribution in [0.15, 0.2) is 0 Å². The maximum Gasteiger partial charge on any atom is 0.325 e. The third-order valence-electron chi connectivity index (χ3n) is 1.71. The number of hydroxylamine groups is 2. The molecule has 0 aliphatic carbocycles. The van der Waals surface area contributed by atoms with Gasteiger partial charge in [0.25, 0.3) is 0 Å². The van der Waals surface area contributed by atoms with Gasteiger partial charge in [-0.3, -0.25) is 4.79 Å². The summed E-state index contributed by atoms with van der Waals surface area (Å²) < 4.78 is 4.82. The normalized spacial score (nSPS) is 24.4. The van der Waals surface area contributed by atoms with Gasteiger partial charge in [0.2, 0.25) is 0 Å². The first-order valence-electron chi connectivity index (χ1n) is 3.88. The first kappa shape index (κ1) is 8.49. The van der Waals surface area contributed by atoms with E-state index < -0.39 is 6.04 Å². The zero-order valence-electron chi connectivity index (χ0n) is 6.62. The molecule has 1 aliphatic heterocycles. The Hall–Kier alpha value is -0.610. The number of ether oxygens (including phenoxy) is 1. The minimum Gasteiger partial charge on any atom is -0.464 e. The van der Waals surface area contributed by atoms with Gasteiger partial charge < -0.3 is 9.94 Å². The van der Waals surface area contributed by atoms with E-state index in [1.165, 1.54) is 0 Å². The third kappa shape index (κ3) is 1.91. The van der Waals surface area contributed by atoms with Gasteiger partial charge in [0, 0.05) is 6.54 Å². The van der Waals surface area contributed by atoms with Crippen LogP contribution in [0.25, 0.3) is 0 Å². The lowest BCUT2D eigenvalue weighted by atomic mass is 10.1. The number of hydrogen-bond donors (Lipinski definition) is 1. The summed E-state index contributed by atoms with van der Waals surface area (Å²) in [4.78, 5) is 11.0. The Bertz CT molecular complexity index is 149. The molecule has 0 radical (unpaired) electrons. The molecule has 0 aromatic carbocycles. The van der Waals surface area contributed by atoms with Crippen molar-refractivity contribution in [1.29, 1.82) is 0 Å². The van der Waals surface area contributed by atoms with Crippen molar-refractivity contribution >= 4 is 5.97 Å². The van der Waals surface area contributed by atoms with E-state index in [2.05, 4.69) is 0 Å². The van der Waals surface area contributed by atoms with Crippen LogP contribution in [0, 0.1) is 0 Å². The van der Waals surface area contributed by atoms with Crippen LogP contribution in [-0.4, -0.2) is 35.4 Å². The molecule has 1 fully saturated rings. The molecule has 1 rings (SSSR count). The topological polar surface area (TPSA) is 49.8 Å². The average molecular weight is 159 g/mol. The van der Waals surface area contributed by atoms with Crippen molar-refractivity contribution in [2.75, 3.05) is 13.2 Å². The molecule has 4 nitrogen and oxygen atoms in total. The summed E-state index contributed by atoms with van der Waals surface area (Å²) in [5.41, 5.74) is 0. The number of esters is 1. The van der Waals surface area contributed by atoms with E-state index in [4.69, 9.17) is 9.94 Å². The van der Waals surface area contributed by atoms with Crippen LogP contribution in [0.1, 0.15) is 19.8 Å². The molecule has 1 saturated heterocycles. The van der Waals surface area contributed by atoms with Gasteiger partial charge >= 0.3 is 5.97 Å². The molecular formula is C7H13NO3. The maximum atomic E-state index is 11.0. The molecule has 0 saturated carbocycles. The van der Waals surface area contributed by atoms with Crippen molar-refractivity contribution in [2.24, 2.45) is 0 Å². The Balaban J connectivity index is 2.19. The fraction of sp³-hybridized carbons (Fsp3) is 0.857. The molecule has 1 atom stereocenters. The van der Waals surface area contributed by atoms with Gasteiger partial charge in [0.1, 0.15) is 6.04 Å². The number of rotatable bonds is 3. The molecule has 0 aromatic rings. The first-order chi connectivity index (χ1) is 5.25. The maximum absolute atomic E-state index is 11.0. The van der Waals surface area contributed by atoms with Crippen LogP contribution < -0.4 is 0 Å². The van der Waals surface area contributed by atoms with Crippen LogP contribution in [0.3, 0.4) is 0 Å². The van der Waals surface area contributed by atoms with E-state index in [-0.39, 0.29) is 5.97 Å². The Morgan fingerprint density at radius 3 is 2.91 bits per heavy atom.